The molecule has 34 heavy (non-hydrogen) atoms. The molecular formula is C28H43NO5. The van der Waals surface area contributed by atoms with Crippen molar-refractivity contribution in [2.45, 2.75) is 99.7 Å². The number of aryl methyl sites for hydroxylation is 1. The molecule has 0 unspecified atom stereocenters. The number of carbonyl (C=O) groups excluding carboxylic acids is 2. The molecule has 0 aliphatic carbocycles. The quantitative estimate of drug-likeness (QED) is 0.414. The number of Topliss-reactive ketones (excluding diaryl/α,β-unsaturated/α-hetero) is 1. The number of aliphatic hydroxyl groups excluding tert-OH is 1. The number of cyclic esters (lactones) is 1. The van der Waals surface area contributed by atoms with Gasteiger partial charge in [0.05, 0.1) is 17.9 Å². The molecule has 1 aliphatic heterocycles. The number of allylic oxidation sites excluding steroid dienone is 1. The van der Waals surface area contributed by atoms with Crippen LogP contribution in [0.25, 0.3) is 6.08 Å². The number of rotatable bonds is 2. The first-order valence-electron chi connectivity index (χ1n) is 12.5. The van der Waals surface area contributed by atoms with Crippen LogP contribution < -0.4 is 0 Å². The lowest BCUT2D eigenvalue weighted by molar-refractivity contribution is -0.153. The van der Waals surface area contributed by atoms with E-state index in [2.05, 4.69) is 31.8 Å². The van der Waals surface area contributed by atoms with E-state index in [1.807, 2.05) is 19.9 Å². The molecule has 0 saturated carbocycles. The molecule has 0 saturated heterocycles. The summed E-state index contributed by atoms with van der Waals surface area (Å²) < 4.78 is 11.1. The minimum absolute atomic E-state index is 0.00986. The fraction of sp³-hybridized carbons (Fsp3) is 0.679. The average Bonchev–Trinajstić information content (AvgIpc) is 3.18. The molecule has 0 fully saturated rings. The Kier molecular flexibility index (Phi) is 9.86. The first-order valence-corrected chi connectivity index (χ1v) is 12.5. The third-order valence-corrected chi connectivity index (χ3v) is 7.63. The Balaban J connectivity index is 2.33. The number of esters is 1. The smallest absolute Gasteiger partial charge is 0.309 e. The molecule has 5 atom stereocenters. The van der Waals surface area contributed by atoms with Crippen molar-refractivity contribution in [2.75, 3.05) is 0 Å². The van der Waals surface area contributed by atoms with Crippen molar-refractivity contribution in [3.05, 3.63) is 35.1 Å². The van der Waals surface area contributed by atoms with Crippen LogP contribution in [0.3, 0.4) is 0 Å². The van der Waals surface area contributed by atoms with Crippen molar-refractivity contribution in [2.24, 2.45) is 23.2 Å². The summed E-state index contributed by atoms with van der Waals surface area (Å²) in [5.41, 5.74) is 1.72. The van der Waals surface area contributed by atoms with Crippen LogP contribution in [0.15, 0.2) is 27.9 Å². The number of nitrogens with zero attached hydrogens (tertiary/aromatic N) is 1. The Hall–Kier alpha value is -2.21. The van der Waals surface area contributed by atoms with E-state index in [9.17, 15) is 14.7 Å². The summed E-state index contributed by atoms with van der Waals surface area (Å²) in [5.74, 6) is 0.419. The van der Waals surface area contributed by atoms with Crippen LogP contribution in [0.4, 0.5) is 0 Å². The van der Waals surface area contributed by atoms with E-state index < -0.39 is 23.6 Å². The minimum Gasteiger partial charge on any atom is -0.457 e. The number of hydrogen-bond donors (Lipinski definition) is 1. The van der Waals surface area contributed by atoms with Gasteiger partial charge < -0.3 is 14.3 Å². The molecule has 190 valence electrons. The summed E-state index contributed by atoms with van der Waals surface area (Å²) in [6.45, 7) is 15.5. The average molecular weight is 474 g/mol. The molecule has 1 aromatic heterocycles. The summed E-state index contributed by atoms with van der Waals surface area (Å²) in [6.07, 6.45) is 7.30. The highest BCUT2D eigenvalue weighted by molar-refractivity contribution is 5.87. The van der Waals surface area contributed by atoms with Crippen molar-refractivity contribution in [3.63, 3.8) is 0 Å². The Morgan fingerprint density at radius 2 is 1.88 bits per heavy atom. The van der Waals surface area contributed by atoms with E-state index in [-0.39, 0.29) is 24.0 Å². The van der Waals surface area contributed by atoms with E-state index in [0.29, 0.717) is 23.9 Å². The molecule has 2 heterocycles. The fourth-order valence-corrected chi connectivity index (χ4v) is 4.58. The molecule has 6 heteroatoms. The van der Waals surface area contributed by atoms with Crippen LogP contribution in [-0.4, -0.2) is 34.1 Å². The van der Waals surface area contributed by atoms with E-state index in [1.54, 1.807) is 27.0 Å². The van der Waals surface area contributed by atoms with Crippen molar-refractivity contribution >= 4 is 17.8 Å². The van der Waals surface area contributed by atoms with Crippen LogP contribution in [0.2, 0.25) is 0 Å². The second-order valence-electron chi connectivity index (χ2n) is 10.8. The standard InChI is InChI=1S/C28H43NO5/c1-17-10-9-11-18(2)20(4)21(5)27(32)28(7,8)25(30)15-26(31)34-24(13-12-17)19(3)14-23-16-33-22(6)29-23/h12,14,16,18,20-21,24-25,30H,9-11,13,15H2,1-8H3/b17-12-,19-14+/t18-,20-,21+,24-,25-/m0/s1. The Labute approximate surface area is 204 Å². The molecule has 1 aliphatic rings. The SMILES string of the molecule is C/C1=C/C[C@@H](/C(C)=C/c2coc(C)n2)OC(=O)C[C@H](O)C(C)(C)C(=O)[C@H](C)[C@@H](C)[C@@H](C)CCC1. The van der Waals surface area contributed by atoms with E-state index in [4.69, 9.17) is 9.15 Å². The number of hydrogen-bond acceptors (Lipinski definition) is 6. The first kappa shape index (κ1) is 28.0. The van der Waals surface area contributed by atoms with Crippen molar-refractivity contribution in [3.8, 4) is 0 Å². The molecule has 6 nitrogen and oxygen atoms in total. The summed E-state index contributed by atoms with van der Waals surface area (Å²) in [5, 5.41) is 10.9. The lowest BCUT2D eigenvalue weighted by Crippen LogP contribution is -2.44. The van der Waals surface area contributed by atoms with Gasteiger partial charge in [-0.1, -0.05) is 52.7 Å². The van der Waals surface area contributed by atoms with E-state index in [1.165, 1.54) is 5.57 Å². The van der Waals surface area contributed by atoms with Crippen LogP contribution >= 0.6 is 0 Å². The van der Waals surface area contributed by atoms with Gasteiger partial charge in [-0.15, -0.1) is 0 Å². The Morgan fingerprint density at radius 3 is 2.50 bits per heavy atom. The number of ketones is 1. The van der Waals surface area contributed by atoms with Gasteiger partial charge in [0.2, 0.25) is 0 Å². The molecule has 0 spiro atoms. The molecule has 1 N–H and O–H groups in total. The van der Waals surface area contributed by atoms with Crippen molar-refractivity contribution in [1.29, 1.82) is 0 Å². The van der Waals surface area contributed by atoms with Crippen molar-refractivity contribution in [1.82, 2.24) is 4.98 Å². The number of aliphatic hydroxyl groups is 1. The van der Waals surface area contributed by atoms with Crippen LogP contribution in [0.5, 0.6) is 0 Å². The lowest BCUT2D eigenvalue weighted by Gasteiger charge is -2.35. The maximum Gasteiger partial charge on any atom is 0.309 e. The van der Waals surface area contributed by atoms with E-state index in [0.717, 1.165) is 24.8 Å². The number of oxazole rings is 1. The van der Waals surface area contributed by atoms with Crippen LogP contribution in [0, 0.1) is 30.1 Å². The molecule has 0 amide bonds. The molecular weight excluding hydrogens is 430 g/mol. The third-order valence-electron chi connectivity index (χ3n) is 7.63. The molecule has 0 bridgehead atoms. The second kappa shape index (κ2) is 12.0. The van der Waals surface area contributed by atoms with Gasteiger partial charge in [0, 0.05) is 19.3 Å². The highest BCUT2D eigenvalue weighted by Gasteiger charge is 2.41. The molecule has 2 rings (SSSR count). The number of aromatic nitrogens is 1. The topological polar surface area (TPSA) is 89.6 Å². The zero-order valence-corrected chi connectivity index (χ0v) is 22.2. The Morgan fingerprint density at radius 1 is 1.21 bits per heavy atom. The zero-order chi connectivity index (χ0) is 25.6. The first-order chi connectivity index (χ1) is 15.8. The lowest BCUT2D eigenvalue weighted by atomic mass is 9.70. The molecule has 1 aromatic rings. The maximum atomic E-state index is 13.3. The van der Waals surface area contributed by atoms with Gasteiger partial charge in [0.15, 0.2) is 5.89 Å². The van der Waals surface area contributed by atoms with Crippen molar-refractivity contribution < 1.29 is 23.8 Å². The largest absolute Gasteiger partial charge is 0.457 e. The predicted molar refractivity (Wildman–Crippen MR) is 134 cm³/mol. The zero-order valence-electron chi connectivity index (χ0n) is 22.2. The highest BCUT2D eigenvalue weighted by Crippen LogP contribution is 2.35. The predicted octanol–water partition coefficient (Wildman–Crippen LogP) is 6.07. The molecule has 0 aromatic carbocycles. The normalized spacial score (nSPS) is 32.1. The van der Waals surface area contributed by atoms with Gasteiger partial charge in [0.1, 0.15) is 23.8 Å². The second-order valence-corrected chi connectivity index (χ2v) is 10.8. The van der Waals surface area contributed by atoms with E-state index >= 15 is 0 Å². The summed E-state index contributed by atoms with van der Waals surface area (Å²) in [6, 6.07) is 0. The van der Waals surface area contributed by atoms with Gasteiger partial charge in [-0.05, 0) is 50.2 Å². The molecule has 0 radical (unpaired) electrons. The van der Waals surface area contributed by atoms with Crippen LogP contribution in [-0.2, 0) is 14.3 Å². The summed E-state index contributed by atoms with van der Waals surface area (Å²) >= 11 is 0. The fourth-order valence-electron chi connectivity index (χ4n) is 4.58. The van der Waals surface area contributed by atoms with Gasteiger partial charge in [0.25, 0.3) is 0 Å². The van der Waals surface area contributed by atoms with Gasteiger partial charge in [-0.2, -0.15) is 0 Å². The van der Waals surface area contributed by atoms with Gasteiger partial charge in [-0.3, -0.25) is 9.59 Å². The Bertz CT molecular complexity index is 910. The number of ether oxygens (including phenoxy) is 1. The van der Waals surface area contributed by atoms with Crippen LogP contribution in [0.1, 0.15) is 92.2 Å². The third kappa shape index (κ3) is 7.39. The van der Waals surface area contributed by atoms with Gasteiger partial charge in [-0.25, -0.2) is 4.98 Å². The minimum atomic E-state index is -1.12. The maximum absolute atomic E-state index is 13.3. The van der Waals surface area contributed by atoms with Gasteiger partial charge >= 0.3 is 5.97 Å². The summed E-state index contributed by atoms with van der Waals surface area (Å²) in [7, 11) is 0. The monoisotopic (exact) mass is 473 g/mol. The number of carbonyl (C=O) groups is 2. The highest BCUT2D eigenvalue weighted by atomic mass is 16.5. The summed E-state index contributed by atoms with van der Waals surface area (Å²) in [4.78, 5) is 30.5.